The molecule has 1 aromatic carbocycles. The fourth-order valence-electron chi connectivity index (χ4n) is 2.24. The summed E-state index contributed by atoms with van der Waals surface area (Å²) in [5, 5.41) is 0. The van der Waals surface area contributed by atoms with Crippen molar-refractivity contribution in [2.24, 2.45) is 5.73 Å². The molecule has 3 aromatic rings. The number of nitrogens with zero attached hydrogens (tertiary/aromatic N) is 3. The van der Waals surface area contributed by atoms with Crippen LogP contribution in [0.3, 0.4) is 0 Å². The lowest BCUT2D eigenvalue weighted by Crippen LogP contribution is -2.16. The van der Waals surface area contributed by atoms with Crippen molar-refractivity contribution in [3.63, 3.8) is 0 Å². The molecule has 0 aliphatic heterocycles. The Morgan fingerprint density at radius 2 is 1.85 bits per heavy atom. The van der Waals surface area contributed by atoms with Crippen molar-refractivity contribution in [1.29, 1.82) is 0 Å². The standard InChI is InChI=1S/C16H16N4/c17-16(14-6-2-1-3-7-14)15-10-19-12-20(15)11-13-5-4-8-18-9-13/h1-10,12,16H,11,17H2. The van der Waals surface area contributed by atoms with E-state index in [4.69, 9.17) is 5.73 Å². The van der Waals surface area contributed by atoms with Crippen LogP contribution in [0, 0.1) is 0 Å². The number of benzene rings is 1. The van der Waals surface area contributed by atoms with Crippen LogP contribution in [0.5, 0.6) is 0 Å². The van der Waals surface area contributed by atoms with E-state index in [1.54, 1.807) is 6.20 Å². The van der Waals surface area contributed by atoms with Crippen LogP contribution in [-0.4, -0.2) is 14.5 Å². The van der Waals surface area contributed by atoms with Gasteiger partial charge in [-0.25, -0.2) is 4.98 Å². The van der Waals surface area contributed by atoms with Gasteiger partial charge in [0.1, 0.15) is 0 Å². The number of nitrogens with two attached hydrogens (primary N) is 1. The molecule has 1 atom stereocenters. The number of hydrogen-bond donors (Lipinski definition) is 1. The van der Waals surface area contributed by atoms with Gasteiger partial charge >= 0.3 is 0 Å². The normalized spacial score (nSPS) is 12.2. The van der Waals surface area contributed by atoms with Crippen LogP contribution in [0.15, 0.2) is 67.4 Å². The first-order valence-corrected chi connectivity index (χ1v) is 6.54. The Morgan fingerprint density at radius 1 is 1.00 bits per heavy atom. The second-order valence-electron chi connectivity index (χ2n) is 4.70. The molecule has 0 saturated heterocycles. The molecule has 100 valence electrons. The van der Waals surface area contributed by atoms with Crippen LogP contribution < -0.4 is 5.73 Å². The predicted molar refractivity (Wildman–Crippen MR) is 78.0 cm³/mol. The lowest BCUT2D eigenvalue weighted by molar-refractivity contribution is 0.694. The monoisotopic (exact) mass is 264 g/mol. The molecule has 0 aliphatic rings. The Hall–Kier alpha value is -2.46. The van der Waals surface area contributed by atoms with Gasteiger partial charge in [-0.2, -0.15) is 0 Å². The molecule has 4 nitrogen and oxygen atoms in total. The molecule has 0 radical (unpaired) electrons. The lowest BCUT2D eigenvalue weighted by Gasteiger charge is -2.15. The number of imidazole rings is 1. The van der Waals surface area contributed by atoms with E-state index in [1.165, 1.54) is 0 Å². The van der Waals surface area contributed by atoms with Crippen LogP contribution in [-0.2, 0) is 6.54 Å². The quantitative estimate of drug-likeness (QED) is 0.787. The SMILES string of the molecule is NC(c1ccccc1)c1cncn1Cc1cccnc1. The van der Waals surface area contributed by atoms with E-state index in [1.807, 2.05) is 61.2 Å². The van der Waals surface area contributed by atoms with Gasteiger partial charge in [0.05, 0.1) is 30.8 Å². The average molecular weight is 264 g/mol. The summed E-state index contributed by atoms with van der Waals surface area (Å²) < 4.78 is 2.06. The van der Waals surface area contributed by atoms with Gasteiger partial charge in [0.15, 0.2) is 0 Å². The summed E-state index contributed by atoms with van der Waals surface area (Å²) in [5.74, 6) is 0. The minimum absolute atomic E-state index is 0.171. The summed E-state index contributed by atoms with van der Waals surface area (Å²) >= 11 is 0. The summed E-state index contributed by atoms with van der Waals surface area (Å²) in [5.41, 5.74) is 9.55. The van der Waals surface area contributed by atoms with Crippen molar-refractivity contribution < 1.29 is 0 Å². The second-order valence-corrected chi connectivity index (χ2v) is 4.70. The highest BCUT2D eigenvalue weighted by Gasteiger charge is 2.13. The van der Waals surface area contributed by atoms with Crippen LogP contribution in [0.2, 0.25) is 0 Å². The van der Waals surface area contributed by atoms with Crippen molar-refractivity contribution in [1.82, 2.24) is 14.5 Å². The van der Waals surface area contributed by atoms with Gasteiger partial charge in [-0.05, 0) is 17.2 Å². The van der Waals surface area contributed by atoms with Gasteiger partial charge < -0.3 is 10.3 Å². The molecule has 2 aromatic heterocycles. The van der Waals surface area contributed by atoms with Crippen molar-refractivity contribution in [2.45, 2.75) is 12.6 Å². The van der Waals surface area contributed by atoms with Gasteiger partial charge in [-0.3, -0.25) is 4.98 Å². The molecule has 0 fully saturated rings. The van der Waals surface area contributed by atoms with E-state index in [0.29, 0.717) is 0 Å². The molecule has 2 N–H and O–H groups in total. The first kappa shape index (κ1) is 12.6. The van der Waals surface area contributed by atoms with E-state index in [9.17, 15) is 0 Å². The number of rotatable bonds is 4. The molecule has 20 heavy (non-hydrogen) atoms. The summed E-state index contributed by atoms with van der Waals surface area (Å²) in [7, 11) is 0. The van der Waals surface area contributed by atoms with Gasteiger partial charge in [-0.15, -0.1) is 0 Å². The van der Waals surface area contributed by atoms with E-state index in [0.717, 1.165) is 23.4 Å². The minimum Gasteiger partial charge on any atom is -0.328 e. The van der Waals surface area contributed by atoms with Crippen molar-refractivity contribution in [3.8, 4) is 0 Å². The maximum atomic E-state index is 6.34. The van der Waals surface area contributed by atoms with Crippen LogP contribution >= 0.6 is 0 Å². The molecule has 0 spiro atoms. The average Bonchev–Trinajstić information content (AvgIpc) is 2.96. The van der Waals surface area contributed by atoms with Gasteiger partial charge in [-0.1, -0.05) is 36.4 Å². The number of hydrogen-bond acceptors (Lipinski definition) is 3. The smallest absolute Gasteiger partial charge is 0.0951 e. The van der Waals surface area contributed by atoms with E-state index in [2.05, 4.69) is 14.5 Å². The maximum Gasteiger partial charge on any atom is 0.0951 e. The Labute approximate surface area is 117 Å². The minimum atomic E-state index is -0.171. The van der Waals surface area contributed by atoms with E-state index >= 15 is 0 Å². The van der Waals surface area contributed by atoms with Crippen LogP contribution in [0.25, 0.3) is 0 Å². The highest BCUT2D eigenvalue weighted by molar-refractivity contribution is 5.27. The summed E-state index contributed by atoms with van der Waals surface area (Å²) in [6, 6.07) is 13.9. The van der Waals surface area contributed by atoms with E-state index in [-0.39, 0.29) is 6.04 Å². The van der Waals surface area contributed by atoms with Crippen molar-refractivity contribution in [2.75, 3.05) is 0 Å². The zero-order valence-corrected chi connectivity index (χ0v) is 11.1. The third-order valence-corrected chi connectivity index (χ3v) is 3.30. The first-order chi connectivity index (χ1) is 9.84. The molecule has 0 amide bonds. The fraction of sp³-hybridized carbons (Fsp3) is 0.125. The summed E-state index contributed by atoms with van der Waals surface area (Å²) in [6.07, 6.45) is 7.27. The van der Waals surface area contributed by atoms with Crippen molar-refractivity contribution >= 4 is 0 Å². The molecule has 0 saturated carbocycles. The Morgan fingerprint density at radius 3 is 2.60 bits per heavy atom. The first-order valence-electron chi connectivity index (χ1n) is 6.54. The number of pyridine rings is 1. The molecule has 0 aliphatic carbocycles. The highest BCUT2D eigenvalue weighted by atomic mass is 15.1. The predicted octanol–water partition coefficient (Wildman–Crippen LogP) is 2.37. The maximum absolute atomic E-state index is 6.34. The molecule has 0 bridgehead atoms. The Balaban J connectivity index is 1.87. The number of aromatic nitrogens is 3. The third-order valence-electron chi connectivity index (χ3n) is 3.30. The van der Waals surface area contributed by atoms with Gasteiger partial charge in [0.2, 0.25) is 0 Å². The summed E-state index contributed by atoms with van der Waals surface area (Å²) in [4.78, 5) is 8.36. The van der Waals surface area contributed by atoms with Crippen molar-refractivity contribution in [3.05, 3.63) is 84.2 Å². The molecular weight excluding hydrogens is 248 g/mol. The van der Waals surface area contributed by atoms with Crippen LogP contribution in [0.4, 0.5) is 0 Å². The molecule has 3 rings (SSSR count). The topological polar surface area (TPSA) is 56.7 Å². The molecule has 4 heteroatoms. The van der Waals surface area contributed by atoms with Crippen LogP contribution in [0.1, 0.15) is 22.9 Å². The molecule has 1 unspecified atom stereocenters. The second kappa shape index (κ2) is 5.67. The molecule has 2 heterocycles. The lowest BCUT2D eigenvalue weighted by atomic mass is 10.1. The Kier molecular flexibility index (Phi) is 3.56. The summed E-state index contributed by atoms with van der Waals surface area (Å²) in [6.45, 7) is 0.726. The fourth-order valence-corrected chi connectivity index (χ4v) is 2.24. The van der Waals surface area contributed by atoms with Gasteiger partial charge in [0.25, 0.3) is 0 Å². The molecular formula is C16H16N4. The largest absolute Gasteiger partial charge is 0.328 e. The van der Waals surface area contributed by atoms with E-state index < -0.39 is 0 Å². The zero-order valence-electron chi connectivity index (χ0n) is 11.1. The Bertz CT molecular complexity index is 661. The zero-order chi connectivity index (χ0) is 13.8. The highest BCUT2D eigenvalue weighted by Crippen LogP contribution is 2.19. The third kappa shape index (κ3) is 2.60. The van der Waals surface area contributed by atoms with Gasteiger partial charge in [0, 0.05) is 12.4 Å².